The minimum Gasteiger partial charge on any atom is -0.484 e. The zero-order valence-corrected chi connectivity index (χ0v) is 16.5. The molecule has 2 rings (SSSR count). The van der Waals surface area contributed by atoms with Crippen LogP contribution in [0.1, 0.15) is 44.9 Å². The van der Waals surface area contributed by atoms with Gasteiger partial charge in [-0.3, -0.25) is 0 Å². The Morgan fingerprint density at radius 1 is 1.54 bits per heavy atom. The van der Waals surface area contributed by atoms with Crippen molar-refractivity contribution in [2.75, 3.05) is 20.3 Å². The minimum atomic E-state index is -1.32. The van der Waals surface area contributed by atoms with E-state index in [1.54, 1.807) is 0 Å². The molecule has 9 heteroatoms. The number of fused-ring (bicyclic) bond motifs is 1. The largest absolute Gasteiger partial charge is 0.484 e. The first-order chi connectivity index (χ1) is 12.1. The third-order valence-corrected chi connectivity index (χ3v) is 5.81. The van der Waals surface area contributed by atoms with Crippen LogP contribution < -0.4 is 9.46 Å². The first kappa shape index (κ1) is 20.6. The van der Waals surface area contributed by atoms with E-state index in [1.165, 1.54) is 19.2 Å². The maximum atomic E-state index is 14.2. The summed E-state index contributed by atoms with van der Waals surface area (Å²) in [5.41, 5.74) is 9.04. The monoisotopic (exact) mass is 384 g/mol. The molecule has 1 aromatic rings. The summed E-state index contributed by atoms with van der Waals surface area (Å²) in [6.45, 7) is 7.67. The smallest absolute Gasteiger partial charge is 0.142 e. The normalized spacial score (nSPS) is 21.5. The lowest BCUT2D eigenvalue weighted by atomic mass is 9.96. The molecule has 1 aliphatic rings. The van der Waals surface area contributed by atoms with Crippen molar-refractivity contribution in [3.63, 3.8) is 0 Å². The van der Waals surface area contributed by atoms with Crippen LogP contribution in [0.5, 0.6) is 5.75 Å². The van der Waals surface area contributed by atoms with Gasteiger partial charge in [0.05, 0.1) is 28.9 Å². The van der Waals surface area contributed by atoms with Crippen molar-refractivity contribution in [2.45, 2.75) is 50.5 Å². The Morgan fingerprint density at radius 2 is 2.23 bits per heavy atom. The van der Waals surface area contributed by atoms with E-state index in [-0.39, 0.29) is 13.2 Å². The number of hydrogen-bond acceptors (Lipinski definition) is 4. The highest BCUT2D eigenvalue weighted by Gasteiger charge is 2.41. The molecule has 1 aliphatic heterocycles. The van der Waals surface area contributed by atoms with Gasteiger partial charge in [-0.05, 0) is 45.4 Å². The Labute approximate surface area is 155 Å². The number of methoxy groups -OCH3 is 1. The average Bonchev–Trinajstić information content (AvgIpc) is 2.89. The maximum Gasteiger partial charge on any atom is 0.142 e. The highest BCUT2D eigenvalue weighted by Crippen LogP contribution is 2.41. The summed E-state index contributed by atoms with van der Waals surface area (Å²) in [5, 5.41) is 3.62. The van der Waals surface area contributed by atoms with E-state index >= 15 is 0 Å². The summed E-state index contributed by atoms with van der Waals surface area (Å²) < 4.78 is 40.5. The van der Waals surface area contributed by atoms with E-state index in [0.717, 1.165) is 0 Å². The molecule has 0 saturated heterocycles. The Bertz CT molecular complexity index is 746. The van der Waals surface area contributed by atoms with Crippen LogP contribution in [-0.4, -0.2) is 34.8 Å². The molecule has 3 atom stereocenters. The Hall–Kier alpha value is -1.67. The van der Waals surface area contributed by atoms with Gasteiger partial charge in [0.15, 0.2) is 0 Å². The van der Waals surface area contributed by atoms with Gasteiger partial charge < -0.3 is 9.47 Å². The second-order valence-corrected chi connectivity index (χ2v) is 9.49. The van der Waals surface area contributed by atoms with Crippen molar-refractivity contribution in [1.82, 2.24) is 4.72 Å². The highest BCUT2D eigenvalue weighted by molar-refractivity contribution is 7.84. The summed E-state index contributed by atoms with van der Waals surface area (Å²) in [6.07, 6.45) is 0.370. The topological polar surface area (TPSA) is 96.3 Å². The molecule has 1 N–H and O–H groups in total. The molecule has 26 heavy (non-hydrogen) atoms. The number of azide groups is 1. The van der Waals surface area contributed by atoms with E-state index in [4.69, 9.17) is 15.0 Å². The molecule has 0 amide bonds. The van der Waals surface area contributed by atoms with E-state index in [2.05, 4.69) is 14.7 Å². The zero-order chi connectivity index (χ0) is 19.5. The minimum absolute atomic E-state index is 0.0722. The molecule has 1 aromatic carbocycles. The van der Waals surface area contributed by atoms with Crippen molar-refractivity contribution < 1.29 is 18.1 Å². The number of nitrogens with one attached hydrogen (secondary N) is 1. The first-order valence-corrected chi connectivity index (χ1v) is 9.46. The van der Waals surface area contributed by atoms with Gasteiger partial charge in [0.25, 0.3) is 0 Å². The fourth-order valence-corrected chi connectivity index (χ4v) is 3.69. The standard InChI is InChI=1S/C17H25FN4O3S/c1-11(21-26(23)16(2,3)4)14-7-13(18)6-12-8-17(10-24-5,9-20-22-19)25-15(12)14/h6-7,11,21H,8-10H2,1-5H3/t11-,17?,26?/m1/s1. The second kappa shape index (κ2) is 7.92. The number of halogens is 1. The quantitative estimate of drug-likeness (QED) is 0.442. The summed E-state index contributed by atoms with van der Waals surface area (Å²) in [7, 11) is 0.212. The van der Waals surface area contributed by atoms with Crippen molar-refractivity contribution in [3.05, 3.63) is 39.5 Å². The lowest BCUT2D eigenvalue weighted by Gasteiger charge is -2.27. The fraction of sp³-hybridized carbons (Fsp3) is 0.647. The van der Waals surface area contributed by atoms with E-state index in [1.807, 2.05) is 27.7 Å². The van der Waals surface area contributed by atoms with Gasteiger partial charge in [-0.15, -0.1) is 0 Å². The second-order valence-electron chi connectivity index (χ2n) is 7.49. The van der Waals surface area contributed by atoms with Gasteiger partial charge in [-0.25, -0.2) is 13.3 Å². The van der Waals surface area contributed by atoms with Gasteiger partial charge in [0.2, 0.25) is 0 Å². The Kier molecular flexibility index (Phi) is 6.29. The van der Waals surface area contributed by atoms with Crippen molar-refractivity contribution in [3.8, 4) is 5.75 Å². The summed E-state index contributed by atoms with van der Waals surface area (Å²) >= 11 is 0. The van der Waals surface area contributed by atoms with Crippen molar-refractivity contribution in [2.24, 2.45) is 5.11 Å². The number of nitrogens with zero attached hydrogens (tertiary/aromatic N) is 3. The third-order valence-electron chi connectivity index (χ3n) is 4.13. The number of benzene rings is 1. The highest BCUT2D eigenvalue weighted by atomic mass is 32.2. The molecule has 144 valence electrons. The molecule has 2 unspecified atom stereocenters. The van der Waals surface area contributed by atoms with Gasteiger partial charge in [-0.2, -0.15) is 0 Å². The van der Waals surface area contributed by atoms with Gasteiger partial charge >= 0.3 is 0 Å². The molecule has 0 bridgehead atoms. The molecular weight excluding hydrogens is 359 g/mol. The SMILES string of the molecule is COCC1(CN=[N+]=[N-])Cc2cc(F)cc([C@@H](C)NS(=O)C(C)(C)C)c2O1. The molecule has 7 nitrogen and oxygen atoms in total. The fourth-order valence-electron chi connectivity index (χ4n) is 2.89. The zero-order valence-electron chi connectivity index (χ0n) is 15.7. The molecular formula is C17H25FN4O3S. The molecule has 0 aromatic heterocycles. The third kappa shape index (κ3) is 4.54. The van der Waals surface area contributed by atoms with Crippen LogP contribution in [0.15, 0.2) is 17.2 Å². The number of ether oxygens (including phenoxy) is 2. The van der Waals surface area contributed by atoms with Crippen molar-refractivity contribution >= 4 is 11.0 Å². The van der Waals surface area contributed by atoms with Crippen LogP contribution in [0.2, 0.25) is 0 Å². The average molecular weight is 384 g/mol. The molecule has 0 radical (unpaired) electrons. The van der Waals surface area contributed by atoms with E-state index < -0.39 is 33.2 Å². The predicted octanol–water partition coefficient (Wildman–Crippen LogP) is 3.57. The molecule has 1 heterocycles. The number of rotatable bonds is 7. The van der Waals surface area contributed by atoms with Crippen LogP contribution >= 0.6 is 0 Å². The van der Waals surface area contributed by atoms with E-state index in [0.29, 0.717) is 23.3 Å². The number of hydrogen-bond donors (Lipinski definition) is 1. The lowest BCUT2D eigenvalue weighted by Crippen LogP contribution is -2.42. The first-order valence-electron chi connectivity index (χ1n) is 8.31. The molecule has 0 saturated carbocycles. The maximum absolute atomic E-state index is 14.2. The van der Waals surface area contributed by atoms with Gasteiger partial charge in [0, 0.05) is 35.6 Å². The molecule has 0 aliphatic carbocycles. The van der Waals surface area contributed by atoms with Crippen LogP contribution in [0.25, 0.3) is 10.4 Å². The van der Waals surface area contributed by atoms with Crippen LogP contribution in [0.4, 0.5) is 4.39 Å². The molecule has 0 fully saturated rings. The van der Waals surface area contributed by atoms with Crippen LogP contribution in [0.3, 0.4) is 0 Å². The summed E-state index contributed by atoms with van der Waals surface area (Å²) in [5.74, 6) is 0.136. The van der Waals surface area contributed by atoms with Gasteiger partial charge in [-0.1, -0.05) is 5.11 Å². The van der Waals surface area contributed by atoms with Gasteiger partial charge in [0.1, 0.15) is 17.2 Å². The Balaban J connectivity index is 2.36. The van der Waals surface area contributed by atoms with Crippen molar-refractivity contribution in [1.29, 1.82) is 0 Å². The van der Waals surface area contributed by atoms with E-state index in [9.17, 15) is 8.60 Å². The molecule has 0 spiro atoms. The predicted molar refractivity (Wildman–Crippen MR) is 98.8 cm³/mol. The lowest BCUT2D eigenvalue weighted by molar-refractivity contribution is 0.0125. The van der Waals surface area contributed by atoms with Crippen LogP contribution in [-0.2, 0) is 22.1 Å². The van der Waals surface area contributed by atoms with Crippen LogP contribution in [0, 0.1) is 5.82 Å². The summed E-state index contributed by atoms with van der Waals surface area (Å²) in [4.78, 5) is 2.79. The Morgan fingerprint density at radius 3 is 2.81 bits per heavy atom. The summed E-state index contributed by atoms with van der Waals surface area (Å²) in [6, 6.07) is 2.41.